The van der Waals surface area contributed by atoms with Crippen molar-refractivity contribution in [3.8, 4) is 17.2 Å². The molecule has 0 unspecified atom stereocenters. The summed E-state index contributed by atoms with van der Waals surface area (Å²) in [7, 11) is 0. The summed E-state index contributed by atoms with van der Waals surface area (Å²) < 4.78 is 54.5. The Labute approximate surface area is 282 Å². The van der Waals surface area contributed by atoms with Crippen LogP contribution in [0.4, 0.5) is 8.78 Å². The number of nitrogens with zero attached hydrogens (tertiary/aromatic N) is 1. The lowest BCUT2D eigenvalue weighted by Crippen LogP contribution is -2.25. The molecule has 46 heavy (non-hydrogen) atoms. The molecule has 0 bridgehead atoms. The molecule has 9 nitrogen and oxygen atoms in total. The number of pyridine rings is 1. The van der Waals surface area contributed by atoms with Gasteiger partial charge in [0.2, 0.25) is 0 Å². The fourth-order valence-corrected chi connectivity index (χ4v) is 5.27. The van der Waals surface area contributed by atoms with Crippen LogP contribution in [0.1, 0.15) is 58.8 Å². The quantitative estimate of drug-likeness (QED) is 0.0648. The van der Waals surface area contributed by atoms with Gasteiger partial charge in [0.05, 0.1) is 18.8 Å². The van der Waals surface area contributed by atoms with E-state index in [4.69, 9.17) is 42.1 Å². The first-order valence-corrected chi connectivity index (χ1v) is 16.4. The summed E-state index contributed by atoms with van der Waals surface area (Å²) in [5.74, 6) is -0.0940. The Morgan fingerprint density at radius 3 is 2.17 bits per heavy atom. The number of esters is 2. The average Bonchev–Trinajstić information content (AvgIpc) is 3.95. The van der Waals surface area contributed by atoms with Crippen LogP contribution in [0.2, 0.25) is 10.0 Å². The first-order valence-electron chi connectivity index (χ1n) is 14.6. The molecular weight excluding hydrogens is 715 g/mol. The number of alkyl halides is 3. The van der Waals surface area contributed by atoms with Crippen molar-refractivity contribution in [2.24, 2.45) is 11.8 Å². The average molecular weight is 745 g/mol. The van der Waals surface area contributed by atoms with Crippen molar-refractivity contribution in [3.63, 3.8) is 0 Å². The first-order chi connectivity index (χ1) is 22.1. The third kappa shape index (κ3) is 9.59. The molecule has 0 N–H and O–H groups in total. The van der Waals surface area contributed by atoms with Gasteiger partial charge in [0, 0.05) is 17.5 Å². The molecule has 2 aliphatic rings. The highest BCUT2D eigenvalue weighted by atomic mass is 79.9. The van der Waals surface area contributed by atoms with Gasteiger partial charge in [0.25, 0.3) is 0 Å². The summed E-state index contributed by atoms with van der Waals surface area (Å²) in [5, 5.41) is 12.0. The summed E-state index contributed by atoms with van der Waals surface area (Å²) in [6.07, 6.45) is 5.20. The van der Waals surface area contributed by atoms with E-state index in [-0.39, 0.29) is 45.5 Å². The molecular formula is C32H30BrCl2F2NO8. The van der Waals surface area contributed by atoms with Crippen LogP contribution in [0, 0.1) is 17.0 Å². The van der Waals surface area contributed by atoms with Crippen molar-refractivity contribution in [2.75, 3.05) is 18.5 Å². The SMILES string of the molecule is O=C(CBr)OCc1cc(C(=O)O[C@@H](Cc2c(Cl)c[n+]([O-])cc2Cl)c2ccc(OC(F)F)c(OCC3CC3)c2)ccc1OCC1CC1. The van der Waals surface area contributed by atoms with Crippen molar-refractivity contribution in [2.45, 2.75) is 51.4 Å². The molecule has 2 aliphatic carbocycles. The Hall–Kier alpha value is -3.35. The van der Waals surface area contributed by atoms with Crippen molar-refractivity contribution >= 4 is 51.1 Å². The fourth-order valence-electron chi connectivity index (χ4n) is 4.51. The largest absolute Gasteiger partial charge is 0.619 e. The number of aromatic nitrogens is 1. The summed E-state index contributed by atoms with van der Waals surface area (Å²) in [5.41, 5.74) is 1.31. The molecule has 0 radical (unpaired) electrons. The van der Waals surface area contributed by atoms with Crippen LogP contribution in [0.3, 0.4) is 0 Å². The van der Waals surface area contributed by atoms with Gasteiger partial charge in [-0.15, -0.1) is 0 Å². The minimum atomic E-state index is -3.08. The maximum Gasteiger partial charge on any atom is 0.387 e. The predicted octanol–water partition coefficient (Wildman–Crippen LogP) is 7.38. The molecule has 5 rings (SSSR count). The number of carbonyl (C=O) groups is 2. The van der Waals surface area contributed by atoms with Gasteiger partial charge in [-0.3, -0.25) is 4.79 Å². The van der Waals surface area contributed by atoms with Crippen molar-refractivity contribution < 1.29 is 46.8 Å². The summed E-state index contributed by atoms with van der Waals surface area (Å²) >= 11 is 15.8. The molecule has 1 heterocycles. The number of halogens is 5. The second-order valence-corrected chi connectivity index (χ2v) is 12.5. The Bertz CT molecular complexity index is 1550. The summed E-state index contributed by atoms with van der Waals surface area (Å²) in [6, 6.07) is 8.92. The molecule has 3 aromatic rings. The van der Waals surface area contributed by atoms with Crippen molar-refractivity contribution in [1.29, 1.82) is 0 Å². The van der Waals surface area contributed by atoms with E-state index in [9.17, 15) is 23.6 Å². The van der Waals surface area contributed by atoms with Gasteiger partial charge in [-0.05, 0) is 73.4 Å². The topological polar surface area (TPSA) is 107 Å². The second kappa shape index (κ2) is 15.5. The third-order valence-corrected chi connectivity index (χ3v) is 8.50. The van der Waals surface area contributed by atoms with E-state index in [1.165, 1.54) is 30.3 Å². The lowest BCUT2D eigenvalue weighted by molar-refractivity contribution is -0.605. The number of rotatable bonds is 16. The Balaban J connectivity index is 1.45. The zero-order valence-corrected chi connectivity index (χ0v) is 27.5. The molecule has 0 amide bonds. The van der Waals surface area contributed by atoms with Gasteiger partial charge in [0.1, 0.15) is 33.8 Å². The van der Waals surface area contributed by atoms with Gasteiger partial charge in [0.15, 0.2) is 23.9 Å². The fraction of sp³-hybridized carbons (Fsp3) is 0.406. The zero-order chi connectivity index (χ0) is 32.8. The van der Waals surface area contributed by atoms with E-state index >= 15 is 0 Å². The van der Waals surface area contributed by atoms with E-state index in [1.54, 1.807) is 6.07 Å². The Morgan fingerprint density at radius 2 is 1.57 bits per heavy atom. The Morgan fingerprint density at radius 1 is 0.935 bits per heavy atom. The first kappa shape index (κ1) is 34.0. The standard InChI is InChI=1S/C32H30BrCl2F2NO8/c33-12-30(39)44-17-22-9-21(6-7-26(22)42-15-18-1-2-18)31(40)45-28(11-23-24(34)13-38(41)14-25(23)35)20-5-8-27(46-32(36)37)29(10-20)43-16-19-3-4-19/h5-10,13-14,18-19,28,32H,1-4,11-12,15-17H2/t28-/m0/s1. The van der Waals surface area contributed by atoms with Crippen LogP contribution >= 0.6 is 39.1 Å². The van der Waals surface area contributed by atoms with Gasteiger partial charge in [-0.25, -0.2) is 4.79 Å². The van der Waals surface area contributed by atoms with Crippen LogP contribution in [-0.2, 0) is 27.3 Å². The number of benzene rings is 2. The molecule has 1 atom stereocenters. The van der Waals surface area contributed by atoms with Crippen LogP contribution in [0.5, 0.6) is 17.2 Å². The van der Waals surface area contributed by atoms with Crippen LogP contribution < -0.4 is 18.9 Å². The molecule has 0 aliphatic heterocycles. The van der Waals surface area contributed by atoms with E-state index in [1.807, 2.05) is 0 Å². The van der Waals surface area contributed by atoms with Crippen LogP contribution in [0.25, 0.3) is 0 Å². The van der Waals surface area contributed by atoms with Crippen LogP contribution in [0.15, 0.2) is 48.8 Å². The second-order valence-electron chi connectivity index (χ2n) is 11.1. The van der Waals surface area contributed by atoms with E-state index < -0.39 is 24.7 Å². The number of hydrogen-bond acceptors (Lipinski definition) is 8. The lowest BCUT2D eigenvalue weighted by Gasteiger charge is -2.22. The van der Waals surface area contributed by atoms with Gasteiger partial charge < -0.3 is 28.9 Å². The molecule has 14 heteroatoms. The number of ether oxygens (including phenoxy) is 5. The predicted molar refractivity (Wildman–Crippen MR) is 167 cm³/mol. The number of carbonyl (C=O) groups excluding carboxylic acids is 2. The smallest absolute Gasteiger partial charge is 0.387 e. The lowest BCUT2D eigenvalue weighted by atomic mass is 10.0. The molecule has 0 spiro atoms. The van der Waals surface area contributed by atoms with Crippen molar-refractivity contribution in [3.05, 3.63) is 86.3 Å². The minimum absolute atomic E-state index is 0.000865. The van der Waals surface area contributed by atoms with Crippen molar-refractivity contribution in [1.82, 2.24) is 0 Å². The maximum atomic E-state index is 13.6. The van der Waals surface area contributed by atoms with E-state index in [0.29, 0.717) is 52.2 Å². The monoisotopic (exact) mass is 743 g/mol. The number of hydrogen-bond donors (Lipinski definition) is 0. The van der Waals surface area contributed by atoms with Crippen LogP contribution in [-0.4, -0.2) is 37.1 Å². The van der Waals surface area contributed by atoms with E-state index in [0.717, 1.165) is 38.1 Å². The van der Waals surface area contributed by atoms with Gasteiger partial charge in [-0.2, -0.15) is 13.5 Å². The molecule has 2 aromatic carbocycles. The van der Waals surface area contributed by atoms with Gasteiger partial charge in [-0.1, -0.05) is 45.2 Å². The molecule has 246 valence electrons. The van der Waals surface area contributed by atoms with Gasteiger partial charge >= 0.3 is 18.6 Å². The maximum absolute atomic E-state index is 13.6. The summed E-state index contributed by atoms with van der Waals surface area (Å²) in [4.78, 5) is 25.5. The third-order valence-electron chi connectivity index (χ3n) is 7.39. The highest BCUT2D eigenvalue weighted by Gasteiger charge is 2.28. The highest BCUT2D eigenvalue weighted by Crippen LogP contribution is 2.38. The zero-order valence-electron chi connectivity index (χ0n) is 24.4. The molecule has 2 fully saturated rings. The summed E-state index contributed by atoms with van der Waals surface area (Å²) in [6.45, 7) is -2.40. The Kier molecular flexibility index (Phi) is 11.5. The highest BCUT2D eigenvalue weighted by molar-refractivity contribution is 9.09. The molecule has 2 saturated carbocycles. The molecule has 0 saturated heterocycles. The van der Waals surface area contributed by atoms with E-state index in [2.05, 4.69) is 20.7 Å². The minimum Gasteiger partial charge on any atom is -0.619 e. The molecule has 1 aromatic heterocycles. The normalized spacial score (nSPS) is 14.9.